The Kier molecular flexibility index (Phi) is 6.76. The van der Waals surface area contributed by atoms with E-state index in [1.807, 2.05) is 30.5 Å². The number of hydrogen-bond donors (Lipinski definition) is 0. The number of amides is 1. The topological polar surface area (TPSA) is 29.5 Å². The summed E-state index contributed by atoms with van der Waals surface area (Å²) in [6.45, 7) is 10.4. The maximum Gasteiger partial charge on any atom is 1.00 e. The average molecular weight is 257 g/mol. The zero-order valence-electron chi connectivity index (χ0n) is 12.2. The number of hydrogen-bond acceptors (Lipinski definition) is 2. The molecule has 1 aromatic carbocycles. The Balaban J connectivity index is 0.00000289. The van der Waals surface area contributed by atoms with Crippen LogP contribution >= 0.6 is 0 Å². The summed E-state index contributed by atoms with van der Waals surface area (Å²) in [7, 11) is -1.72. The van der Waals surface area contributed by atoms with Crippen LogP contribution in [0.3, 0.4) is 0 Å². The number of para-hydroxylation sites is 1. The predicted molar refractivity (Wildman–Crippen MR) is 71.6 cm³/mol. The molecule has 5 heteroatoms. The summed E-state index contributed by atoms with van der Waals surface area (Å²) in [4.78, 5) is 12.1. The molecular weight excluding hydrogens is 237 g/mol. The monoisotopic (exact) mass is 257 g/mol. The van der Waals surface area contributed by atoms with Crippen LogP contribution < -0.4 is 23.6 Å². The molecule has 0 atom stereocenters. The Labute approximate surface area is 123 Å². The molecule has 0 unspecified atom stereocenters. The molecule has 0 saturated heterocycles. The van der Waals surface area contributed by atoms with Gasteiger partial charge in [-0.15, -0.1) is 12.1 Å². The van der Waals surface area contributed by atoms with E-state index in [1.54, 1.807) is 12.1 Å². The summed E-state index contributed by atoms with van der Waals surface area (Å²) in [5.74, 6) is 0.474. The van der Waals surface area contributed by atoms with Crippen molar-refractivity contribution in [2.75, 3.05) is 0 Å². The van der Waals surface area contributed by atoms with Crippen LogP contribution in [-0.2, 0) is 0 Å². The van der Waals surface area contributed by atoms with E-state index in [0.29, 0.717) is 5.75 Å². The molecule has 0 radical (unpaired) electrons. The van der Waals surface area contributed by atoms with Crippen molar-refractivity contribution in [1.29, 1.82) is 0 Å². The second-order valence-corrected chi connectivity index (χ2v) is 10.1. The third-order valence-electron chi connectivity index (χ3n) is 2.31. The van der Waals surface area contributed by atoms with Gasteiger partial charge in [0.05, 0.1) is 0 Å². The van der Waals surface area contributed by atoms with Crippen molar-refractivity contribution in [1.82, 2.24) is 4.57 Å². The fourth-order valence-electron chi connectivity index (χ4n) is 1.84. The summed E-state index contributed by atoms with van der Waals surface area (Å²) >= 11 is 0. The van der Waals surface area contributed by atoms with E-state index in [0.717, 1.165) is 0 Å². The molecule has 18 heavy (non-hydrogen) atoms. The first-order chi connectivity index (χ1) is 7.82. The Morgan fingerprint density at radius 2 is 1.94 bits per heavy atom. The first-order valence-corrected chi connectivity index (χ1v) is 9.25. The van der Waals surface area contributed by atoms with Crippen LogP contribution in [0.25, 0.3) is 0 Å². The summed E-state index contributed by atoms with van der Waals surface area (Å²) in [6, 6.07) is 10.2. The Bertz CT molecular complexity index is 376. The van der Waals surface area contributed by atoms with Gasteiger partial charge in [-0.2, -0.15) is 18.2 Å². The molecule has 1 aromatic rings. The number of carbonyl (C=O) groups excluding carboxylic acids is 1. The molecule has 1 amide bonds. The van der Waals surface area contributed by atoms with Gasteiger partial charge in [0.15, 0.2) is 8.24 Å². The minimum atomic E-state index is -1.72. The number of benzene rings is 1. The van der Waals surface area contributed by atoms with Crippen molar-refractivity contribution in [2.24, 2.45) is 0 Å². The van der Waals surface area contributed by atoms with Gasteiger partial charge in [-0.1, -0.05) is 19.6 Å². The van der Waals surface area contributed by atoms with Crippen LogP contribution in [0.1, 0.15) is 13.8 Å². The predicted octanol–water partition coefficient (Wildman–Crippen LogP) is 0.535. The van der Waals surface area contributed by atoms with Crippen molar-refractivity contribution < 1.29 is 28.4 Å². The van der Waals surface area contributed by atoms with Crippen molar-refractivity contribution >= 4 is 14.3 Å². The third-order valence-corrected chi connectivity index (χ3v) is 4.46. The molecule has 0 bridgehead atoms. The van der Waals surface area contributed by atoms with Gasteiger partial charge >= 0.3 is 25.0 Å². The molecule has 3 nitrogen and oxygen atoms in total. The number of rotatable bonds is 3. The molecule has 1 rings (SSSR count). The molecule has 0 aromatic heterocycles. The second kappa shape index (κ2) is 7.03. The largest absolute Gasteiger partial charge is 1.00 e. The molecular formula is C13H20LiNO2Si. The molecule has 0 saturated carbocycles. The average Bonchev–Trinajstić information content (AvgIpc) is 2.15. The standard InChI is InChI=1S/C13H20NO2Si.Li/c1-11(2)14(17(3,4)5)13(15)16-12-9-7-6-8-10-12;/h6-9,11H,1-5H3;/q-1;+1. The molecule has 0 aliphatic heterocycles. The zero-order valence-corrected chi connectivity index (χ0v) is 13.2. The molecule has 0 N–H and O–H groups in total. The quantitative estimate of drug-likeness (QED) is 0.584. The fraction of sp³-hybridized carbons (Fsp3) is 0.462. The molecule has 0 spiro atoms. The van der Waals surface area contributed by atoms with Gasteiger partial charge in [0.2, 0.25) is 0 Å². The van der Waals surface area contributed by atoms with E-state index in [1.165, 1.54) is 0 Å². The molecule has 94 valence electrons. The summed E-state index contributed by atoms with van der Waals surface area (Å²) in [5.41, 5.74) is 0. The molecule has 0 fully saturated rings. The van der Waals surface area contributed by atoms with Crippen molar-refractivity contribution in [2.45, 2.75) is 39.5 Å². The summed E-state index contributed by atoms with van der Waals surface area (Å²) in [6.07, 6.45) is -0.276. The zero-order chi connectivity index (χ0) is 13.1. The molecule has 0 aliphatic carbocycles. The van der Waals surface area contributed by atoms with E-state index in [-0.39, 0.29) is 31.0 Å². The van der Waals surface area contributed by atoms with E-state index in [2.05, 4.69) is 25.7 Å². The van der Waals surface area contributed by atoms with Crippen molar-refractivity contribution in [3.05, 3.63) is 30.3 Å². The van der Waals surface area contributed by atoms with Crippen molar-refractivity contribution in [3.63, 3.8) is 0 Å². The Morgan fingerprint density at radius 3 is 2.33 bits per heavy atom. The third kappa shape index (κ3) is 4.89. The smallest absolute Gasteiger partial charge is 0.438 e. The number of carbonyl (C=O) groups is 1. The van der Waals surface area contributed by atoms with Gasteiger partial charge in [0, 0.05) is 11.8 Å². The summed E-state index contributed by atoms with van der Waals surface area (Å²) in [5, 5.41) is 0. The second-order valence-electron chi connectivity index (χ2n) is 5.23. The van der Waals surface area contributed by atoms with Crippen LogP contribution in [0.5, 0.6) is 5.75 Å². The van der Waals surface area contributed by atoms with Crippen LogP contribution in [0, 0.1) is 6.07 Å². The first kappa shape index (κ1) is 17.3. The first-order valence-electron chi connectivity index (χ1n) is 5.80. The van der Waals surface area contributed by atoms with Gasteiger partial charge in [-0.05, 0) is 13.8 Å². The van der Waals surface area contributed by atoms with E-state index in [4.69, 9.17) is 4.74 Å². The van der Waals surface area contributed by atoms with Gasteiger partial charge in [0.1, 0.15) is 0 Å². The fourth-order valence-corrected chi connectivity index (χ4v) is 3.99. The van der Waals surface area contributed by atoms with Crippen LogP contribution in [-0.4, -0.2) is 24.9 Å². The number of ether oxygens (including phenoxy) is 1. The van der Waals surface area contributed by atoms with Gasteiger partial charge in [0.25, 0.3) is 0 Å². The normalized spacial score (nSPS) is 10.8. The van der Waals surface area contributed by atoms with E-state index < -0.39 is 8.24 Å². The maximum atomic E-state index is 12.1. The number of nitrogens with zero attached hydrogens (tertiary/aromatic N) is 1. The van der Waals surface area contributed by atoms with Gasteiger partial charge in [-0.3, -0.25) is 0 Å². The van der Waals surface area contributed by atoms with Crippen LogP contribution in [0.15, 0.2) is 24.3 Å². The van der Waals surface area contributed by atoms with E-state index in [9.17, 15) is 4.79 Å². The van der Waals surface area contributed by atoms with Gasteiger partial charge in [-0.25, -0.2) is 4.79 Å². The van der Waals surface area contributed by atoms with Gasteiger partial charge < -0.3 is 9.30 Å². The van der Waals surface area contributed by atoms with Crippen LogP contribution in [0.2, 0.25) is 19.6 Å². The minimum Gasteiger partial charge on any atom is -0.438 e. The van der Waals surface area contributed by atoms with Crippen LogP contribution in [0.4, 0.5) is 4.79 Å². The minimum absolute atomic E-state index is 0. The Morgan fingerprint density at radius 1 is 1.33 bits per heavy atom. The van der Waals surface area contributed by atoms with Crippen molar-refractivity contribution in [3.8, 4) is 5.75 Å². The molecule has 0 aliphatic rings. The molecule has 0 heterocycles. The SMILES string of the molecule is CC(C)N(C(=O)Oc1[c-]cccc1)[Si](C)(C)C.[Li+]. The summed E-state index contributed by atoms with van der Waals surface area (Å²) < 4.78 is 7.19. The maximum absolute atomic E-state index is 12.1. The van der Waals surface area contributed by atoms with E-state index >= 15 is 0 Å². The Hall–Kier alpha value is -0.696.